The van der Waals surface area contributed by atoms with Crippen LogP contribution in [-0.2, 0) is 17.8 Å². The zero-order valence-corrected chi connectivity index (χ0v) is 24.6. The van der Waals surface area contributed by atoms with Crippen LogP contribution in [0, 0.1) is 0 Å². The van der Waals surface area contributed by atoms with E-state index in [9.17, 15) is 9.90 Å². The van der Waals surface area contributed by atoms with Crippen molar-refractivity contribution in [1.29, 1.82) is 0 Å². The fraction of sp³-hybridized carbons (Fsp3) is 0.242. The summed E-state index contributed by atoms with van der Waals surface area (Å²) in [7, 11) is 1.63. The maximum absolute atomic E-state index is 14.3. The topological polar surface area (TPSA) is 78.3 Å². The molecule has 4 aromatic rings. The first kappa shape index (κ1) is 28.2. The van der Waals surface area contributed by atoms with Gasteiger partial charge in [0.05, 0.1) is 31.2 Å². The van der Waals surface area contributed by atoms with Gasteiger partial charge in [-0.3, -0.25) is 9.79 Å². The molecule has 42 heavy (non-hydrogen) atoms. The fourth-order valence-electron chi connectivity index (χ4n) is 5.49. The number of β-amino-alcohol motifs (C(OH)–C–C–N with tert-alkyl or cyclic N) is 1. The molecule has 1 saturated heterocycles. The lowest BCUT2D eigenvalue weighted by Crippen LogP contribution is -2.38. The molecule has 2 atom stereocenters. The van der Waals surface area contributed by atoms with Crippen molar-refractivity contribution in [1.82, 2.24) is 4.98 Å². The predicted octanol–water partition coefficient (Wildman–Crippen LogP) is 5.96. The lowest BCUT2D eigenvalue weighted by molar-refractivity contribution is -0.119. The van der Waals surface area contributed by atoms with Crippen LogP contribution in [0.2, 0.25) is 10.0 Å². The number of amides is 1. The summed E-state index contributed by atoms with van der Waals surface area (Å²) in [5.41, 5.74) is 4.66. The monoisotopic (exact) mass is 600 g/mol. The van der Waals surface area contributed by atoms with Crippen LogP contribution in [0.5, 0.6) is 5.75 Å². The standard InChI is InChI=1S/C33H30Cl2N4O3/c1-42-26-10-6-21(7-11-26)19-39-30-12-9-24(34)17-27(30)32(23-8-13-31(36-18-23)38-15-14-25(40)20-38)37-29(33(39)41)16-22-4-2-3-5-28(22)35/h2-13,17-18,25,29,40H,14-16,19-20H2,1H3. The summed E-state index contributed by atoms with van der Waals surface area (Å²) in [5, 5.41) is 11.1. The van der Waals surface area contributed by atoms with Gasteiger partial charge in [-0.15, -0.1) is 0 Å². The van der Waals surface area contributed by atoms with E-state index in [0.717, 1.165) is 46.8 Å². The average molecular weight is 602 g/mol. The quantitative estimate of drug-likeness (QED) is 0.283. The summed E-state index contributed by atoms with van der Waals surface area (Å²) in [5.74, 6) is 1.40. The van der Waals surface area contributed by atoms with Crippen LogP contribution < -0.4 is 14.5 Å². The Bertz CT molecular complexity index is 1630. The molecule has 0 spiro atoms. The smallest absolute Gasteiger partial charge is 0.252 e. The van der Waals surface area contributed by atoms with Gasteiger partial charge in [0, 0.05) is 46.9 Å². The molecule has 0 saturated carbocycles. The van der Waals surface area contributed by atoms with Crippen LogP contribution in [-0.4, -0.2) is 54.1 Å². The SMILES string of the molecule is COc1ccc(CN2C(=O)C(Cc3ccccc3Cl)N=C(c3ccc(N4CCC(O)C4)nc3)c3cc(Cl)ccc32)cc1. The van der Waals surface area contributed by atoms with Crippen LogP contribution in [0.1, 0.15) is 28.7 Å². The lowest BCUT2D eigenvalue weighted by atomic mass is 10.0. The van der Waals surface area contributed by atoms with Crippen molar-refractivity contribution in [2.45, 2.75) is 31.5 Å². The zero-order chi connectivity index (χ0) is 29.2. The summed E-state index contributed by atoms with van der Waals surface area (Å²) >= 11 is 13.1. The van der Waals surface area contributed by atoms with E-state index in [-0.39, 0.29) is 12.0 Å². The van der Waals surface area contributed by atoms with E-state index in [0.29, 0.717) is 41.0 Å². The fourth-order valence-corrected chi connectivity index (χ4v) is 5.87. The molecule has 214 valence electrons. The number of benzodiazepines with no additional fused rings is 1. The van der Waals surface area contributed by atoms with Gasteiger partial charge in [-0.25, -0.2) is 4.98 Å². The molecular formula is C33H30Cl2N4O3. The maximum atomic E-state index is 14.3. The minimum Gasteiger partial charge on any atom is -0.497 e. The first-order valence-corrected chi connectivity index (χ1v) is 14.6. The number of aliphatic hydroxyl groups excluding tert-OH is 1. The van der Waals surface area contributed by atoms with Gasteiger partial charge in [0.1, 0.15) is 17.6 Å². The number of aliphatic imine (C=N–C) groups is 1. The number of anilines is 2. The van der Waals surface area contributed by atoms with Gasteiger partial charge in [0.25, 0.3) is 5.91 Å². The number of aliphatic hydroxyl groups is 1. The third kappa shape index (κ3) is 5.86. The summed E-state index contributed by atoms with van der Waals surface area (Å²) in [6, 6.07) is 23.9. The van der Waals surface area contributed by atoms with Gasteiger partial charge < -0.3 is 19.6 Å². The molecule has 3 heterocycles. The Hall–Kier alpha value is -3.91. The van der Waals surface area contributed by atoms with E-state index >= 15 is 0 Å². The second kappa shape index (κ2) is 12.1. The zero-order valence-electron chi connectivity index (χ0n) is 23.1. The van der Waals surface area contributed by atoms with Gasteiger partial charge in [0.15, 0.2) is 0 Å². The molecule has 9 heteroatoms. The third-order valence-electron chi connectivity index (χ3n) is 7.72. The predicted molar refractivity (Wildman–Crippen MR) is 167 cm³/mol. The minimum atomic E-state index is -0.738. The van der Waals surface area contributed by atoms with E-state index in [1.807, 2.05) is 72.8 Å². The number of ether oxygens (including phenoxy) is 1. The van der Waals surface area contributed by atoms with Crippen molar-refractivity contribution in [2.75, 3.05) is 30.0 Å². The summed E-state index contributed by atoms with van der Waals surface area (Å²) in [4.78, 5) is 28.0. The molecule has 1 N–H and O–H groups in total. The Balaban J connectivity index is 1.45. The first-order valence-electron chi connectivity index (χ1n) is 13.8. The summed E-state index contributed by atoms with van der Waals surface area (Å²) < 4.78 is 5.33. The first-order chi connectivity index (χ1) is 20.4. The van der Waals surface area contributed by atoms with Crippen LogP contribution in [0.25, 0.3) is 0 Å². The Labute approximate surface area is 255 Å². The molecular weight excluding hydrogens is 571 g/mol. The molecule has 0 bridgehead atoms. The van der Waals surface area contributed by atoms with Crippen LogP contribution in [0.3, 0.4) is 0 Å². The number of aromatic nitrogens is 1. The molecule has 6 rings (SSSR count). The highest BCUT2D eigenvalue weighted by Crippen LogP contribution is 2.34. The minimum absolute atomic E-state index is 0.139. The summed E-state index contributed by atoms with van der Waals surface area (Å²) in [6.45, 7) is 1.65. The Morgan fingerprint density at radius 3 is 2.52 bits per heavy atom. The second-order valence-corrected chi connectivity index (χ2v) is 11.4. The van der Waals surface area contributed by atoms with E-state index in [4.69, 9.17) is 37.9 Å². The molecule has 1 aromatic heterocycles. The number of hydrogen-bond donors (Lipinski definition) is 1. The lowest BCUT2D eigenvalue weighted by Gasteiger charge is -2.26. The number of nitrogens with zero attached hydrogens (tertiary/aromatic N) is 4. The average Bonchev–Trinajstić information content (AvgIpc) is 3.41. The van der Waals surface area contributed by atoms with Gasteiger partial charge in [-0.05, 0) is 66.1 Å². The largest absolute Gasteiger partial charge is 0.497 e. The normalized spacial score (nSPS) is 18.5. The molecule has 1 amide bonds. The van der Waals surface area contributed by atoms with Crippen LogP contribution in [0.4, 0.5) is 11.5 Å². The molecule has 2 aliphatic heterocycles. The number of rotatable bonds is 7. The van der Waals surface area contributed by atoms with Crippen molar-refractivity contribution < 1.29 is 14.6 Å². The Kier molecular flexibility index (Phi) is 8.16. The van der Waals surface area contributed by atoms with Crippen molar-refractivity contribution in [3.8, 4) is 5.75 Å². The highest BCUT2D eigenvalue weighted by Gasteiger charge is 2.33. The highest BCUT2D eigenvalue weighted by molar-refractivity contribution is 6.32. The van der Waals surface area contributed by atoms with Gasteiger partial charge in [0.2, 0.25) is 0 Å². The molecule has 2 unspecified atom stereocenters. The highest BCUT2D eigenvalue weighted by atomic mass is 35.5. The summed E-state index contributed by atoms with van der Waals surface area (Å²) in [6.07, 6.45) is 2.48. The van der Waals surface area contributed by atoms with Crippen molar-refractivity contribution in [3.05, 3.63) is 117 Å². The van der Waals surface area contributed by atoms with Crippen molar-refractivity contribution >= 4 is 46.3 Å². The van der Waals surface area contributed by atoms with E-state index in [1.165, 1.54) is 0 Å². The number of fused-ring (bicyclic) bond motifs is 1. The van der Waals surface area contributed by atoms with Crippen LogP contribution >= 0.6 is 23.2 Å². The Morgan fingerprint density at radius 2 is 1.83 bits per heavy atom. The van der Waals surface area contributed by atoms with Gasteiger partial charge in [-0.1, -0.05) is 53.5 Å². The molecule has 3 aromatic carbocycles. The van der Waals surface area contributed by atoms with Crippen molar-refractivity contribution in [2.24, 2.45) is 4.99 Å². The van der Waals surface area contributed by atoms with Gasteiger partial charge in [-0.2, -0.15) is 0 Å². The molecule has 0 aliphatic carbocycles. The van der Waals surface area contributed by atoms with Crippen molar-refractivity contribution in [3.63, 3.8) is 0 Å². The van der Waals surface area contributed by atoms with E-state index in [2.05, 4.69) is 4.90 Å². The van der Waals surface area contributed by atoms with Gasteiger partial charge >= 0.3 is 0 Å². The number of benzene rings is 3. The number of methoxy groups -OCH3 is 1. The molecule has 1 fully saturated rings. The maximum Gasteiger partial charge on any atom is 0.252 e. The number of pyridine rings is 1. The van der Waals surface area contributed by atoms with Crippen LogP contribution in [0.15, 0.2) is 90.1 Å². The number of halogens is 2. The van der Waals surface area contributed by atoms with E-state index in [1.54, 1.807) is 24.3 Å². The molecule has 2 aliphatic rings. The number of hydrogen-bond acceptors (Lipinski definition) is 6. The third-order valence-corrected chi connectivity index (χ3v) is 8.32. The Morgan fingerprint density at radius 1 is 1.02 bits per heavy atom. The number of carbonyl (C=O) groups excluding carboxylic acids is 1. The molecule has 7 nitrogen and oxygen atoms in total. The molecule has 0 radical (unpaired) electrons. The number of carbonyl (C=O) groups is 1. The van der Waals surface area contributed by atoms with E-state index < -0.39 is 6.04 Å². The second-order valence-electron chi connectivity index (χ2n) is 10.5.